The van der Waals surface area contributed by atoms with Gasteiger partial charge in [0.25, 0.3) is 0 Å². The fourth-order valence-corrected chi connectivity index (χ4v) is 1.11. The zero-order chi connectivity index (χ0) is 10.9. The number of halogens is 1. The standard InChI is InChI=1S/C9H13BrN2O2/c1-6-7(10)5-12(11-6)8(13)14-9(2,3)4/h5H,1-4H3. The van der Waals surface area contributed by atoms with E-state index in [0.29, 0.717) is 0 Å². The maximum Gasteiger partial charge on any atom is 0.435 e. The Morgan fingerprint density at radius 3 is 2.50 bits per heavy atom. The van der Waals surface area contributed by atoms with E-state index >= 15 is 0 Å². The molecule has 0 aliphatic carbocycles. The Labute approximate surface area is 91.4 Å². The first kappa shape index (κ1) is 11.2. The highest BCUT2D eigenvalue weighted by molar-refractivity contribution is 9.10. The molecule has 0 spiro atoms. The van der Waals surface area contributed by atoms with Gasteiger partial charge in [0.1, 0.15) is 5.60 Å². The van der Waals surface area contributed by atoms with E-state index in [4.69, 9.17) is 4.74 Å². The molecule has 78 valence electrons. The Bertz CT molecular complexity index is 333. The Kier molecular flexibility index (Phi) is 2.99. The lowest BCUT2D eigenvalue weighted by Crippen LogP contribution is -2.27. The van der Waals surface area contributed by atoms with E-state index in [0.717, 1.165) is 10.2 Å². The summed E-state index contributed by atoms with van der Waals surface area (Å²) in [5.74, 6) is 0. The first-order valence-electron chi connectivity index (χ1n) is 4.25. The molecule has 14 heavy (non-hydrogen) atoms. The van der Waals surface area contributed by atoms with Crippen molar-refractivity contribution in [1.82, 2.24) is 9.78 Å². The second-order valence-electron chi connectivity index (χ2n) is 3.99. The Balaban J connectivity index is 2.80. The highest BCUT2D eigenvalue weighted by Gasteiger charge is 2.18. The minimum Gasteiger partial charge on any atom is -0.442 e. The second kappa shape index (κ2) is 3.73. The van der Waals surface area contributed by atoms with Crippen molar-refractivity contribution in [3.05, 3.63) is 16.4 Å². The predicted octanol–water partition coefficient (Wildman–Crippen LogP) is 2.74. The zero-order valence-electron chi connectivity index (χ0n) is 8.67. The maximum absolute atomic E-state index is 11.5. The van der Waals surface area contributed by atoms with Crippen molar-refractivity contribution in [2.45, 2.75) is 33.3 Å². The minimum atomic E-state index is -0.497. The van der Waals surface area contributed by atoms with Gasteiger partial charge < -0.3 is 4.74 Å². The van der Waals surface area contributed by atoms with E-state index in [-0.39, 0.29) is 0 Å². The van der Waals surface area contributed by atoms with Crippen LogP contribution >= 0.6 is 15.9 Å². The van der Waals surface area contributed by atoms with Crippen LogP contribution in [0.4, 0.5) is 4.79 Å². The van der Waals surface area contributed by atoms with Gasteiger partial charge in [-0.3, -0.25) is 0 Å². The molecular weight excluding hydrogens is 248 g/mol. The van der Waals surface area contributed by atoms with Crippen molar-refractivity contribution in [1.29, 1.82) is 0 Å². The summed E-state index contributed by atoms with van der Waals surface area (Å²) in [7, 11) is 0. The summed E-state index contributed by atoms with van der Waals surface area (Å²) in [4.78, 5) is 11.5. The molecule has 0 aliphatic rings. The predicted molar refractivity (Wildman–Crippen MR) is 56.3 cm³/mol. The number of hydrogen-bond acceptors (Lipinski definition) is 3. The molecule has 0 saturated carbocycles. The highest BCUT2D eigenvalue weighted by atomic mass is 79.9. The number of ether oxygens (including phenoxy) is 1. The number of carbonyl (C=O) groups excluding carboxylic acids is 1. The summed E-state index contributed by atoms with van der Waals surface area (Å²) in [6, 6.07) is 0. The number of aryl methyl sites for hydroxylation is 1. The third kappa shape index (κ3) is 2.83. The molecule has 0 unspecified atom stereocenters. The third-order valence-electron chi connectivity index (χ3n) is 1.42. The Morgan fingerprint density at radius 2 is 2.14 bits per heavy atom. The summed E-state index contributed by atoms with van der Waals surface area (Å²) < 4.78 is 7.11. The van der Waals surface area contributed by atoms with Crippen LogP contribution in [0, 0.1) is 6.92 Å². The van der Waals surface area contributed by atoms with Crippen LogP contribution in [0.25, 0.3) is 0 Å². The number of aromatic nitrogens is 2. The van der Waals surface area contributed by atoms with Gasteiger partial charge in [0.05, 0.1) is 16.4 Å². The molecule has 1 heterocycles. The van der Waals surface area contributed by atoms with Gasteiger partial charge in [-0.1, -0.05) is 0 Å². The number of hydrogen-bond donors (Lipinski definition) is 0. The largest absolute Gasteiger partial charge is 0.442 e. The summed E-state index contributed by atoms with van der Waals surface area (Å²) >= 11 is 3.27. The fourth-order valence-electron chi connectivity index (χ4n) is 0.841. The van der Waals surface area contributed by atoms with Crippen LogP contribution in [-0.4, -0.2) is 21.5 Å². The van der Waals surface area contributed by atoms with Crippen LogP contribution in [0.2, 0.25) is 0 Å². The first-order valence-corrected chi connectivity index (χ1v) is 5.04. The van der Waals surface area contributed by atoms with Crippen LogP contribution in [0.3, 0.4) is 0 Å². The summed E-state index contributed by atoms with van der Waals surface area (Å²) in [6.45, 7) is 7.26. The van der Waals surface area contributed by atoms with Gasteiger partial charge in [-0.05, 0) is 43.6 Å². The van der Waals surface area contributed by atoms with Gasteiger partial charge in [0.15, 0.2) is 0 Å². The summed E-state index contributed by atoms with van der Waals surface area (Å²) in [5, 5.41) is 3.99. The molecular formula is C9H13BrN2O2. The molecule has 0 aromatic carbocycles. The van der Waals surface area contributed by atoms with Gasteiger partial charge in [-0.2, -0.15) is 9.78 Å². The van der Waals surface area contributed by atoms with E-state index in [1.165, 1.54) is 4.68 Å². The number of carbonyl (C=O) groups is 1. The fraction of sp³-hybridized carbons (Fsp3) is 0.556. The molecule has 1 aromatic rings. The molecule has 0 saturated heterocycles. The summed E-state index contributed by atoms with van der Waals surface area (Å²) in [6.07, 6.45) is 1.12. The van der Waals surface area contributed by atoms with Crippen LogP contribution in [0.1, 0.15) is 26.5 Å². The van der Waals surface area contributed by atoms with Gasteiger partial charge in [-0.25, -0.2) is 4.79 Å². The monoisotopic (exact) mass is 260 g/mol. The smallest absolute Gasteiger partial charge is 0.435 e. The number of nitrogens with zero attached hydrogens (tertiary/aromatic N) is 2. The van der Waals surface area contributed by atoms with Crippen molar-refractivity contribution in [2.75, 3.05) is 0 Å². The molecule has 5 heteroatoms. The maximum atomic E-state index is 11.5. The lowest BCUT2D eigenvalue weighted by molar-refractivity contribution is 0.0514. The molecule has 0 radical (unpaired) electrons. The molecule has 0 atom stereocenters. The van der Waals surface area contributed by atoms with Crippen LogP contribution in [-0.2, 0) is 4.74 Å². The lowest BCUT2D eigenvalue weighted by Gasteiger charge is -2.18. The van der Waals surface area contributed by atoms with Crippen LogP contribution in [0.15, 0.2) is 10.7 Å². The van der Waals surface area contributed by atoms with Gasteiger partial charge in [0.2, 0.25) is 0 Å². The van der Waals surface area contributed by atoms with Crippen molar-refractivity contribution in [2.24, 2.45) is 0 Å². The quantitative estimate of drug-likeness (QED) is 0.721. The van der Waals surface area contributed by atoms with Gasteiger partial charge >= 0.3 is 6.09 Å². The Morgan fingerprint density at radius 1 is 1.57 bits per heavy atom. The molecule has 0 bridgehead atoms. The van der Waals surface area contributed by atoms with Crippen molar-refractivity contribution in [3.63, 3.8) is 0 Å². The van der Waals surface area contributed by atoms with E-state index in [1.54, 1.807) is 6.20 Å². The Hall–Kier alpha value is -0.840. The average molecular weight is 261 g/mol. The van der Waals surface area contributed by atoms with E-state index in [1.807, 2.05) is 27.7 Å². The van der Waals surface area contributed by atoms with Crippen LogP contribution in [0.5, 0.6) is 0 Å². The van der Waals surface area contributed by atoms with Crippen LogP contribution < -0.4 is 0 Å². The van der Waals surface area contributed by atoms with Gasteiger partial charge in [-0.15, -0.1) is 0 Å². The van der Waals surface area contributed by atoms with Crippen molar-refractivity contribution < 1.29 is 9.53 Å². The second-order valence-corrected chi connectivity index (χ2v) is 4.84. The minimum absolute atomic E-state index is 0.466. The normalized spacial score (nSPS) is 11.5. The SMILES string of the molecule is Cc1nn(C(=O)OC(C)(C)C)cc1Br. The van der Waals surface area contributed by atoms with Crippen molar-refractivity contribution in [3.8, 4) is 0 Å². The van der Waals surface area contributed by atoms with E-state index in [9.17, 15) is 4.79 Å². The molecule has 1 rings (SSSR count). The van der Waals surface area contributed by atoms with E-state index < -0.39 is 11.7 Å². The number of rotatable bonds is 0. The summed E-state index contributed by atoms with van der Waals surface area (Å²) in [5.41, 5.74) is 0.263. The molecule has 0 aliphatic heterocycles. The molecule has 0 fully saturated rings. The molecule has 4 nitrogen and oxygen atoms in total. The van der Waals surface area contributed by atoms with Crippen molar-refractivity contribution >= 4 is 22.0 Å². The highest BCUT2D eigenvalue weighted by Crippen LogP contribution is 2.15. The zero-order valence-corrected chi connectivity index (χ0v) is 10.3. The molecule has 1 aromatic heterocycles. The molecule has 0 amide bonds. The average Bonchev–Trinajstić information content (AvgIpc) is 2.28. The third-order valence-corrected chi connectivity index (χ3v) is 2.20. The topological polar surface area (TPSA) is 44.1 Å². The first-order chi connectivity index (χ1) is 6.29. The van der Waals surface area contributed by atoms with Gasteiger partial charge in [0, 0.05) is 0 Å². The lowest BCUT2D eigenvalue weighted by atomic mass is 10.2. The molecule has 0 N–H and O–H groups in total. The van der Waals surface area contributed by atoms with E-state index in [2.05, 4.69) is 21.0 Å².